The molecule has 4 nitrogen and oxygen atoms in total. The molecule has 0 spiro atoms. The number of amides is 2. The van der Waals surface area contributed by atoms with E-state index < -0.39 is 0 Å². The van der Waals surface area contributed by atoms with Gasteiger partial charge in [0.25, 0.3) is 0 Å². The monoisotopic (exact) mass is 360 g/mol. The summed E-state index contributed by atoms with van der Waals surface area (Å²) in [5.41, 5.74) is 1.55. The summed E-state index contributed by atoms with van der Waals surface area (Å²) in [5.74, 6) is -0.149. The first-order chi connectivity index (χ1) is 11.6. The fraction of sp³-hybridized carbons (Fsp3) is 0.222. The molecular formula is C18H20N2O2S2. The van der Waals surface area contributed by atoms with Gasteiger partial charge in [0.2, 0.25) is 11.8 Å². The Balaban J connectivity index is 1.77. The fourth-order valence-corrected chi connectivity index (χ4v) is 3.94. The molecule has 2 N–H and O–H groups in total. The van der Waals surface area contributed by atoms with Crippen LogP contribution in [0.3, 0.4) is 0 Å². The van der Waals surface area contributed by atoms with E-state index in [0.29, 0.717) is 0 Å². The molecule has 24 heavy (non-hydrogen) atoms. The van der Waals surface area contributed by atoms with Crippen molar-refractivity contribution < 1.29 is 9.59 Å². The average molecular weight is 361 g/mol. The molecule has 0 aliphatic heterocycles. The van der Waals surface area contributed by atoms with Crippen molar-refractivity contribution in [2.24, 2.45) is 0 Å². The van der Waals surface area contributed by atoms with Crippen molar-refractivity contribution in [1.82, 2.24) is 0 Å². The topological polar surface area (TPSA) is 58.2 Å². The van der Waals surface area contributed by atoms with Gasteiger partial charge in [0.15, 0.2) is 0 Å². The van der Waals surface area contributed by atoms with Gasteiger partial charge >= 0.3 is 0 Å². The maximum absolute atomic E-state index is 12.1. The van der Waals surface area contributed by atoms with E-state index >= 15 is 0 Å². The van der Waals surface area contributed by atoms with Crippen LogP contribution < -0.4 is 10.6 Å². The molecule has 0 heterocycles. The van der Waals surface area contributed by atoms with E-state index in [1.807, 2.05) is 74.5 Å². The summed E-state index contributed by atoms with van der Waals surface area (Å²) in [5, 5.41) is 5.20. The van der Waals surface area contributed by atoms with Gasteiger partial charge in [-0.1, -0.05) is 58.0 Å². The molecule has 2 amide bonds. The number of anilines is 2. The fourth-order valence-electron chi connectivity index (χ4n) is 1.78. The Morgan fingerprint density at radius 3 is 1.38 bits per heavy atom. The van der Waals surface area contributed by atoms with E-state index in [9.17, 15) is 9.59 Å². The Bertz CT molecular complexity index is 606. The molecule has 0 aliphatic carbocycles. The van der Waals surface area contributed by atoms with E-state index in [-0.39, 0.29) is 22.3 Å². The van der Waals surface area contributed by atoms with Crippen LogP contribution in [0.5, 0.6) is 0 Å². The highest BCUT2D eigenvalue weighted by Crippen LogP contribution is 2.32. The predicted molar refractivity (Wildman–Crippen MR) is 104 cm³/mol. The van der Waals surface area contributed by atoms with Gasteiger partial charge in [-0.25, -0.2) is 0 Å². The highest BCUT2D eigenvalue weighted by Gasteiger charge is 2.19. The molecule has 2 rings (SSSR count). The first-order valence-corrected chi connectivity index (χ1v) is 9.88. The van der Waals surface area contributed by atoms with Crippen LogP contribution >= 0.6 is 21.6 Å². The zero-order valence-electron chi connectivity index (χ0n) is 13.6. The summed E-state index contributed by atoms with van der Waals surface area (Å²) < 4.78 is 0. The molecule has 126 valence electrons. The Morgan fingerprint density at radius 1 is 0.708 bits per heavy atom. The second-order valence-electron chi connectivity index (χ2n) is 5.19. The minimum absolute atomic E-state index is 0.0747. The van der Waals surface area contributed by atoms with Gasteiger partial charge in [0.1, 0.15) is 0 Å². The minimum atomic E-state index is -0.262. The number of carbonyl (C=O) groups is 2. The SMILES string of the molecule is CC(SSC(C)C(=O)Nc1ccccc1)C(=O)Nc1ccccc1. The number of para-hydroxylation sites is 2. The van der Waals surface area contributed by atoms with Crippen LogP contribution in [0.2, 0.25) is 0 Å². The van der Waals surface area contributed by atoms with Crippen molar-refractivity contribution in [3.63, 3.8) is 0 Å². The van der Waals surface area contributed by atoms with Gasteiger partial charge in [0, 0.05) is 11.4 Å². The third-order valence-electron chi connectivity index (χ3n) is 3.17. The summed E-state index contributed by atoms with van der Waals surface area (Å²) >= 11 is 0. The summed E-state index contributed by atoms with van der Waals surface area (Å²) in [7, 11) is 2.79. The summed E-state index contributed by atoms with van der Waals surface area (Å²) in [4.78, 5) is 24.3. The van der Waals surface area contributed by atoms with Gasteiger partial charge in [-0.15, -0.1) is 0 Å². The summed E-state index contributed by atoms with van der Waals surface area (Å²) in [6.45, 7) is 3.66. The molecule has 0 bridgehead atoms. The van der Waals surface area contributed by atoms with Crippen molar-refractivity contribution in [2.45, 2.75) is 24.3 Å². The Hall–Kier alpha value is -1.92. The highest BCUT2D eigenvalue weighted by atomic mass is 33.1. The van der Waals surface area contributed by atoms with E-state index in [1.54, 1.807) is 0 Å². The molecule has 2 aromatic carbocycles. The number of rotatable bonds is 7. The highest BCUT2D eigenvalue weighted by molar-refractivity contribution is 8.77. The quantitative estimate of drug-likeness (QED) is 0.718. The van der Waals surface area contributed by atoms with Crippen molar-refractivity contribution in [2.75, 3.05) is 10.6 Å². The van der Waals surface area contributed by atoms with Crippen molar-refractivity contribution in [3.8, 4) is 0 Å². The van der Waals surface area contributed by atoms with Crippen LogP contribution in [0.25, 0.3) is 0 Å². The molecule has 0 saturated heterocycles. The molecular weight excluding hydrogens is 340 g/mol. The van der Waals surface area contributed by atoms with Gasteiger partial charge < -0.3 is 10.6 Å². The van der Waals surface area contributed by atoms with Crippen molar-refractivity contribution in [3.05, 3.63) is 60.7 Å². The molecule has 0 fully saturated rings. The molecule has 6 heteroatoms. The third-order valence-corrected chi connectivity index (χ3v) is 6.35. The van der Waals surface area contributed by atoms with Gasteiger partial charge in [-0.05, 0) is 38.1 Å². The summed E-state index contributed by atoms with van der Waals surface area (Å²) in [6, 6.07) is 18.7. The number of nitrogens with one attached hydrogen (secondary N) is 2. The van der Waals surface area contributed by atoms with Gasteiger partial charge in [-0.3, -0.25) is 9.59 Å². The van der Waals surface area contributed by atoms with Crippen LogP contribution in [0.15, 0.2) is 60.7 Å². The van der Waals surface area contributed by atoms with E-state index in [1.165, 1.54) is 21.6 Å². The van der Waals surface area contributed by atoms with Crippen molar-refractivity contribution in [1.29, 1.82) is 0 Å². The van der Waals surface area contributed by atoms with E-state index in [4.69, 9.17) is 0 Å². The lowest BCUT2D eigenvalue weighted by molar-refractivity contribution is -0.116. The first-order valence-electron chi connectivity index (χ1n) is 7.60. The summed E-state index contributed by atoms with van der Waals surface area (Å²) in [6.07, 6.45) is 0. The Labute approximate surface area is 150 Å². The molecule has 0 aliphatic rings. The number of benzene rings is 2. The van der Waals surface area contributed by atoms with Crippen LogP contribution in [0, 0.1) is 0 Å². The van der Waals surface area contributed by atoms with Crippen LogP contribution in [-0.4, -0.2) is 22.3 Å². The molecule has 0 aromatic heterocycles. The second-order valence-corrected chi connectivity index (χ2v) is 8.14. The lowest BCUT2D eigenvalue weighted by Crippen LogP contribution is -2.24. The van der Waals surface area contributed by atoms with Crippen LogP contribution in [0.4, 0.5) is 11.4 Å². The van der Waals surface area contributed by atoms with E-state index in [2.05, 4.69) is 10.6 Å². The molecule has 0 radical (unpaired) electrons. The normalized spacial score (nSPS) is 12.9. The van der Waals surface area contributed by atoms with Gasteiger partial charge in [0.05, 0.1) is 10.5 Å². The largest absolute Gasteiger partial charge is 0.325 e. The van der Waals surface area contributed by atoms with Crippen LogP contribution in [-0.2, 0) is 9.59 Å². The van der Waals surface area contributed by atoms with E-state index in [0.717, 1.165) is 11.4 Å². The predicted octanol–water partition coefficient (Wildman–Crippen LogP) is 4.42. The first kappa shape index (κ1) is 18.4. The van der Waals surface area contributed by atoms with Gasteiger partial charge in [-0.2, -0.15) is 0 Å². The number of carbonyl (C=O) groups excluding carboxylic acids is 2. The molecule has 2 aromatic rings. The Morgan fingerprint density at radius 2 is 1.04 bits per heavy atom. The minimum Gasteiger partial charge on any atom is -0.325 e. The smallest absolute Gasteiger partial charge is 0.238 e. The lowest BCUT2D eigenvalue weighted by Gasteiger charge is -2.15. The zero-order valence-corrected chi connectivity index (χ0v) is 15.2. The maximum Gasteiger partial charge on any atom is 0.238 e. The van der Waals surface area contributed by atoms with Crippen LogP contribution in [0.1, 0.15) is 13.8 Å². The maximum atomic E-state index is 12.1. The molecule has 2 atom stereocenters. The lowest BCUT2D eigenvalue weighted by atomic mass is 10.3. The second kappa shape index (κ2) is 9.39. The van der Waals surface area contributed by atoms with Crippen molar-refractivity contribution >= 4 is 44.8 Å². The standard InChI is InChI=1S/C18H20N2O2S2/c1-13(17(21)19-15-9-5-3-6-10-15)23-24-14(2)18(22)20-16-11-7-4-8-12-16/h3-14H,1-2H3,(H,19,21)(H,20,22). The molecule has 0 saturated carbocycles. The number of hydrogen-bond acceptors (Lipinski definition) is 4. The zero-order chi connectivity index (χ0) is 17.4. The third kappa shape index (κ3) is 5.94. The Kier molecular flexibility index (Phi) is 7.21. The average Bonchev–Trinajstić information content (AvgIpc) is 2.61. The number of hydrogen-bond donors (Lipinski definition) is 2. The molecule has 2 unspecified atom stereocenters.